The van der Waals surface area contributed by atoms with Crippen molar-refractivity contribution in [2.75, 3.05) is 5.32 Å². The Morgan fingerprint density at radius 2 is 2.12 bits per heavy atom. The zero-order valence-corrected chi connectivity index (χ0v) is 9.99. The molecule has 0 aliphatic heterocycles. The second-order valence-electron chi connectivity index (χ2n) is 3.55. The first-order valence-corrected chi connectivity index (χ1v) is 5.88. The van der Waals surface area contributed by atoms with Crippen LogP contribution in [-0.2, 0) is 0 Å². The lowest BCUT2D eigenvalue weighted by molar-refractivity contribution is 0.220. The second kappa shape index (κ2) is 5.01. The van der Waals surface area contributed by atoms with E-state index in [1.165, 1.54) is 16.9 Å². The van der Waals surface area contributed by atoms with E-state index in [0.29, 0.717) is 10.7 Å². The smallest absolute Gasteiger partial charge is 0.325 e. The summed E-state index contributed by atoms with van der Waals surface area (Å²) in [5.74, 6) is -0.989. The number of carboxylic acid groups (broad SMARTS) is 1. The minimum Gasteiger partial charge on any atom is -0.489 e. The van der Waals surface area contributed by atoms with Crippen LogP contribution in [0.1, 0.15) is 5.56 Å². The molecule has 2 rings (SSSR count). The van der Waals surface area contributed by atoms with Crippen molar-refractivity contribution in [3.63, 3.8) is 0 Å². The van der Waals surface area contributed by atoms with Crippen LogP contribution in [0.5, 0.6) is 0 Å². The van der Waals surface area contributed by atoms with Gasteiger partial charge in [-0.1, -0.05) is 17.7 Å². The molecule has 1 radical (unpaired) electrons. The number of anilines is 2. The van der Waals surface area contributed by atoms with Gasteiger partial charge in [0.2, 0.25) is 0 Å². The van der Waals surface area contributed by atoms with Crippen LogP contribution in [0.2, 0.25) is 0 Å². The highest BCUT2D eigenvalue weighted by Gasteiger charge is 2.08. The predicted octanol–water partition coefficient (Wildman–Crippen LogP) is 2.20. The van der Waals surface area contributed by atoms with Gasteiger partial charge in [0.25, 0.3) is 5.87 Å². The molecule has 1 aromatic heterocycles. The minimum absolute atomic E-state index is 0.456. The lowest BCUT2D eigenvalue weighted by Gasteiger charge is -2.02. The third-order valence-corrected chi connectivity index (χ3v) is 2.87. The van der Waals surface area contributed by atoms with Crippen LogP contribution >= 0.6 is 11.3 Å². The van der Waals surface area contributed by atoms with E-state index in [-0.39, 0.29) is 0 Å². The molecule has 0 fully saturated rings. The maximum atomic E-state index is 10.5. The summed E-state index contributed by atoms with van der Waals surface area (Å²) in [6.45, 7) is 2.02. The maximum Gasteiger partial charge on any atom is 0.325 e. The number of thiazole rings is 1. The molecule has 1 heterocycles. The first-order chi connectivity index (χ1) is 8.13. The van der Waals surface area contributed by atoms with Crippen molar-refractivity contribution < 1.29 is 9.90 Å². The molecule has 0 bridgehead atoms. The number of nitrogens with zero attached hydrogens (tertiary/aromatic N) is 1. The topological polar surface area (TPSA) is 62.2 Å². The van der Waals surface area contributed by atoms with Crippen molar-refractivity contribution in [3.8, 4) is 0 Å². The number of hydrogen-bond donors (Lipinski definition) is 2. The molecule has 85 valence electrons. The second-order valence-corrected chi connectivity index (χ2v) is 4.41. The minimum atomic E-state index is -0.989. The molecule has 0 amide bonds. The molecule has 2 N–H and O–H groups in total. The first kappa shape index (κ1) is 11.7. The maximum absolute atomic E-state index is 10.5. The highest BCUT2D eigenvalue weighted by molar-refractivity contribution is 7.15. The van der Waals surface area contributed by atoms with Crippen LogP contribution < -0.4 is 10.9 Å². The van der Waals surface area contributed by atoms with Gasteiger partial charge in [0.1, 0.15) is 0 Å². The highest BCUT2D eigenvalue weighted by atomic mass is 32.1. The summed E-state index contributed by atoms with van der Waals surface area (Å²) >= 11 is 1.37. The number of aryl methyl sites for hydroxylation is 1. The summed E-state index contributed by atoms with van der Waals surface area (Å²) in [6, 6.07) is 7.91. The number of aromatic nitrogens is 1. The molecule has 0 aliphatic rings. The van der Waals surface area contributed by atoms with Gasteiger partial charge in [-0.2, -0.15) is 0 Å². The van der Waals surface area contributed by atoms with Crippen molar-refractivity contribution >= 4 is 40.9 Å². The fourth-order valence-electron chi connectivity index (χ4n) is 1.30. The van der Waals surface area contributed by atoms with E-state index in [4.69, 9.17) is 5.11 Å². The summed E-state index contributed by atoms with van der Waals surface area (Å²) in [7, 11) is 1.08. The SMILES string of the molecule is Cc1ccc(Nc2nc([B]C(=O)O)cs2)cc1. The summed E-state index contributed by atoms with van der Waals surface area (Å²) in [5, 5.41) is 14.1. The summed E-state index contributed by atoms with van der Waals surface area (Å²) < 4.78 is 0. The average Bonchev–Trinajstić information content (AvgIpc) is 2.68. The van der Waals surface area contributed by atoms with E-state index in [1.807, 2.05) is 31.2 Å². The fraction of sp³-hybridized carbons (Fsp3) is 0.0909. The molecular weight excluding hydrogens is 235 g/mol. The Morgan fingerprint density at radius 3 is 2.76 bits per heavy atom. The lowest BCUT2D eigenvalue weighted by Crippen LogP contribution is -2.22. The van der Waals surface area contributed by atoms with Crippen LogP contribution in [0.4, 0.5) is 15.6 Å². The molecule has 0 saturated heterocycles. The van der Waals surface area contributed by atoms with Gasteiger partial charge in [-0.05, 0) is 19.1 Å². The Hall–Kier alpha value is -1.82. The van der Waals surface area contributed by atoms with Crippen LogP contribution in [0.25, 0.3) is 0 Å². The van der Waals surface area contributed by atoms with Crippen molar-refractivity contribution in [1.29, 1.82) is 0 Å². The third-order valence-electron chi connectivity index (χ3n) is 2.10. The summed E-state index contributed by atoms with van der Waals surface area (Å²) in [6.07, 6.45) is 0. The van der Waals surface area contributed by atoms with Crippen molar-refractivity contribution in [3.05, 3.63) is 35.2 Å². The number of benzene rings is 1. The predicted molar refractivity (Wildman–Crippen MR) is 70.0 cm³/mol. The first-order valence-electron chi connectivity index (χ1n) is 5.00. The molecule has 0 saturated carbocycles. The zero-order valence-electron chi connectivity index (χ0n) is 9.18. The number of rotatable bonds is 4. The largest absolute Gasteiger partial charge is 0.489 e. The van der Waals surface area contributed by atoms with Gasteiger partial charge in [0.05, 0.1) is 0 Å². The molecular formula is C11H10BN2O2S. The fourth-order valence-corrected chi connectivity index (χ4v) is 1.98. The van der Waals surface area contributed by atoms with Gasteiger partial charge in [0.15, 0.2) is 5.13 Å². The van der Waals surface area contributed by atoms with Gasteiger partial charge >= 0.3 is 7.28 Å². The number of hydrogen-bond acceptors (Lipinski definition) is 4. The van der Waals surface area contributed by atoms with E-state index in [1.54, 1.807) is 5.38 Å². The summed E-state index contributed by atoms with van der Waals surface area (Å²) in [4.78, 5) is 14.6. The van der Waals surface area contributed by atoms with E-state index in [2.05, 4.69) is 10.3 Å². The normalized spacial score (nSPS) is 9.94. The van der Waals surface area contributed by atoms with Gasteiger partial charge in [-0.3, -0.25) is 4.79 Å². The van der Waals surface area contributed by atoms with E-state index in [9.17, 15) is 4.79 Å². The molecule has 0 spiro atoms. The quantitative estimate of drug-likeness (QED) is 0.810. The molecule has 4 nitrogen and oxygen atoms in total. The average molecular weight is 245 g/mol. The molecule has 2 aromatic rings. The molecule has 17 heavy (non-hydrogen) atoms. The molecule has 6 heteroatoms. The molecule has 0 unspecified atom stereocenters. The Kier molecular flexibility index (Phi) is 3.44. The third kappa shape index (κ3) is 3.32. The molecule has 0 atom stereocenters. The van der Waals surface area contributed by atoms with Gasteiger partial charge in [-0.15, -0.1) is 11.3 Å². The Labute approximate surface area is 104 Å². The number of carbonyl (C=O) groups is 1. The monoisotopic (exact) mass is 245 g/mol. The Balaban J connectivity index is 2.06. The van der Waals surface area contributed by atoms with Gasteiger partial charge in [-0.25, -0.2) is 4.98 Å². The van der Waals surface area contributed by atoms with Crippen LogP contribution in [0, 0.1) is 6.92 Å². The van der Waals surface area contributed by atoms with E-state index < -0.39 is 5.87 Å². The highest BCUT2D eigenvalue weighted by Crippen LogP contribution is 2.17. The van der Waals surface area contributed by atoms with Gasteiger partial charge < -0.3 is 10.4 Å². The lowest BCUT2D eigenvalue weighted by atomic mass is 9.76. The van der Waals surface area contributed by atoms with Crippen molar-refractivity contribution in [1.82, 2.24) is 4.98 Å². The molecule has 0 aliphatic carbocycles. The van der Waals surface area contributed by atoms with Crippen LogP contribution in [-0.4, -0.2) is 23.2 Å². The van der Waals surface area contributed by atoms with Crippen molar-refractivity contribution in [2.24, 2.45) is 0 Å². The van der Waals surface area contributed by atoms with Gasteiger partial charge in [0, 0.05) is 16.7 Å². The zero-order chi connectivity index (χ0) is 12.3. The number of nitrogens with one attached hydrogen (secondary N) is 1. The standard InChI is InChI=1S/C11H10BN2O2S/c1-7-2-4-8(5-3-7)13-11-14-9(6-17-11)12-10(15)16/h2-6H,1H3,(H,13,14)(H,15,16). The van der Waals surface area contributed by atoms with E-state index >= 15 is 0 Å². The van der Waals surface area contributed by atoms with Crippen LogP contribution in [0.15, 0.2) is 29.6 Å². The van der Waals surface area contributed by atoms with Crippen LogP contribution in [0.3, 0.4) is 0 Å². The van der Waals surface area contributed by atoms with E-state index in [0.717, 1.165) is 13.0 Å². The molecule has 1 aromatic carbocycles. The Bertz CT molecular complexity index is 525. The van der Waals surface area contributed by atoms with Crippen molar-refractivity contribution in [2.45, 2.75) is 6.92 Å². The Morgan fingerprint density at radius 1 is 1.41 bits per heavy atom. The summed E-state index contributed by atoms with van der Waals surface area (Å²) in [5.41, 5.74) is 2.58.